The highest BCUT2D eigenvalue weighted by Crippen LogP contribution is 2.35. The van der Waals surface area contributed by atoms with Gasteiger partial charge in [0.1, 0.15) is 12.4 Å². The van der Waals surface area contributed by atoms with Crippen molar-refractivity contribution in [2.24, 2.45) is 0 Å². The Hall–Kier alpha value is -1.35. The molecule has 0 heterocycles. The Kier molecular flexibility index (Phi) is 6.45. The van der Waals surface area contributed by atoms with Crippen LogP contribution in [0.25, 0.3) is 0 Å². The van der Waals surface area contributed by atoms with Crippen molar-refractivity contribution in [3.8, 4) is 18.1 Å². The molecule has 0 aromatic heterocycles. The van der Waals surface area contributed by atoms with Gasteiger partial charge in [0.25, 0.3) is 0 Å². The molecule has 0 amide bonds. The van der Waals surface area contributed by atoms with Gasteiger partial charge in [-0.25, -0.2) is 4.18 Å². The van der Waals surface area contributed by atoms with E-state index in [9.17, 15) is 4.21 Å². The maximum absolute atomic E-state index is 11.9. The molecule has 2 rings (SSSR count). The van der Waals surface area contributed by atoms with Crippen LogP contribution in [0, 0.1) is 12.3 Å². The standard InChI is InChI=1S/C19H26O4S/c1-5-15-21-24(20)23-19(13-7-6-8-14-19)22-17-11-9-16(10-12-17)18(2,3)4/h1,9-12H,6-8,13-15H2,2-4H3. The molecule has 0 radical (unpaired) electrons. The van der Waals surface area contributed by atoms with Gasteiger partial charge in [0.2, 0.25) is 5.79 Å². The normalized spacial score (nSPS) is 18.6. The van der Waals surface area contributed by atoms with E-state index in [1.807, 2.05) is 12.1 Å². The average Bonchev–Trinajstić information content (AvgIpc) is 2.53. The molecule has 1 aromatic carbocycles. The van der Waals surface area contributed by atoms with Crippen LogP contribution in [0.3, 0.4) is 0 Å². The topological polar surface area (TPSA) is 44.8 Å². The molecule has 0 N–H and O–H groups in total. The predicted octanol–water partition coefficient (Wildman–Crippen LogP) is 4.27. The molecule has 5 heteroatoms. The Bertz CT molecular complexity index is 589. The first kappa shape index (κ1) is 19.0. The first-order chi connectivity index (χ1) is 11.3. The highest BCUT2D eigenvalue weighted by molar-refractivity contribution is 7.75. The Labute approximate surface area is 147 Å². The summed E-state index contributed by atoms with van der Waals surface area (Å²) in [5, 5.41) is 0. The van der Waals surface area contributed by atoms with E-state index < -0.39 is 17.1 Å². The summed E-state index contributed by atoms with van der Waals surface area (Å²) in [7, 11) is 0. The molecule has 1 aliphatic rings. The minimum absolute atomic E-state index is 0.0526. The molecule has 1 unspecified atom stereocenters. The maximum atomic E-state index is 11.9. The van der Waals surface area contributed by atoms with Crippen molar-refractivity contribution in [3.05, 3.63) is 29.8 Å². The lowest BCUT2D eigenvalue weighted by Gasteiger charge is -2.35. The predicted molar refractivity (Wildman–Crippen MR) is 95.6 cm³/mol. The SMILES string of the molecule is C#CCOS(=O)OC1(Oc2ccc(C(C)(C)C)cc2)CCCCC1. The third-order valence-corrected chi connectivity index (χ3v) is 4.85. The first-order valence-electron chi connectivity index (χ1n) is 8.32. The van der Waals surface area contributed by atoms with Gasteiger partial charge in [0.05, 0.1) is 0 Å². The largest absolute Gasteiger partial charge is 0.461 e. The number of benzene rings is 1. The third-order valence-electron chi connectivity index (χ3n) is 4.10. The van der Waals surface area contributed by atoms with Crippen molar-refractivity contribution >= 4 is 11.4 Å². The summed E-state index contributed by atoms with van der Waals surface area (Å²) in [5.74, 6) is 2.07. The molecular formula is C19H26O4S. The van der Waals surface area contributed by atoms with Gasteiger partial charge in [-0.3, -0.25) is 4.18 Å². The van der Waals surface area contributed by atoms with Crippen LogP contribution in [0.1, 0.15) is 58.4 Å². The van der Waals surface area contributed by atoms with Gasteiger partial charge in [-0.1, -0.05) is 45.2 Å². The van der Waals surface area contributed by atoms with Crippen LogP contribution in [0.5, 0.6) is 5.75 Å². The minimum atomic E-state index is -1.92. The Morgan fingerprint density at radius 2 is 1.79 bits per heavy atom. The highest BCUT2D eigenvalue weighted by atomic mass is 32.2. The quantitative estimate of drug-likeness (QED) is 0.568. The van der Waals surface area contributed by atoms with Crippen molar-refractivity contribution < 1.29 is 17.3 Å². The van der Waals surface area contributed by atoms with E-state index in [0.29, 0.717) is 18.6 Å². The second-order valence-electron chi connectivity index (χ2n) is 7.10. The number of rotatable bonds is 6. The maximum Gasteiger partial charge on any atom is 0.309 e. The smallest absolute Gasteiger partial charge is 0.309 e. The monoisotopic (exact) mass is 350 g/mol. The van der Waals surface area contributed by atoms with Crippen LogP contribution in [0.4, 0.5) is 0 Å². The fourth-order valence-electron chi connectivity index (χ4n) is 2.76. The summed E-state index contributed by atoms with van der Waals surface area (Å²) in [6.07, 6.45) is 9.53. The Morgan fingerprint density at radius 1 is 1.17 bits per heavy atom. The van der Waals surface area contributed by atoms with Gasteiger partial charge in [-0.15, -0.1) is 6.42 Å². The molecule has 1 fully saturated rings. The lowest BCUT2D eigenvalue weighted by Crippen LogP contribution is -2.42. The summed E-state index contributed by atoms with van der Waals surface area (Å²) in [6, 6.07) is 7.98. The molecule has 1 aliphatic carbocycles. The van der Waals surface area contributed by atoms with Gasteiger partial charge in [0, 0.05) is 12.8 Å². The van der Waals surface area contributed by atoms with Gasteiger partial charge in [0.15, 0.2) is 0 Å². The second kappa shape index (κ2) is 8.15. The van der Waals surface area contributed by atoms with Crippen molar-refractivity contribution in [3.63, 3.8) is 0 Å². The molecule has 0 spiro atoms. The highest BCUT2D eigenvalue weighted by Gasteiger charge is 2.38. The number of terminal acetylenes is 1. The molecule has 1 atom stereocenters. The lowest BCUT2D eigenvalue weighted by atomic mass is 9.87. The summed E-state index contributed by atoms with van der Waals surface area (Å²) < 4.78 is 28.6. The van der Waals surface area contributed by atoms with E-state index in [2.05, 4.69) is 38.8 Å². The molecule has 1 aromatic rings. The molecule has 0 saturated heterocycles. The van der Waals surface area contributed by atoms with Crippen LogP contribution < -0.4 is 4.74 Å². The van der Waals surface area contributed by atoms with Crippen LogP contribution in [-0.2, 0) is 25.1 Å². The molecule has 1 saturated carbocycles. The summed E-state index contributed by atoms with van der Waals surface area (Å²) in [6.45, 7) is 6.45. The van der Waals surface area contributed by atoms with E-state index in [4.69, 9.17) is 19.5 Å². The zero-order valence-electron chi connectivity index (χ0n) is 14.7. The summed E-state index contributed by atoms with van der Waals surface area (Å²) in [4.78, 5) is 0. The molecule has 0 aliphatic heterocycles. The van der Waals surface area contributed by atoms with Gasteiger partial charge in [-0.05, 0) is 36.0 Å². The zero-order valence-corrected chi connectivity index (χ0v) is 15.5. The minimum Gasteiger partial charge on any atom is -0.461 e. The van der Waals surface area contributed by atoms with Crippen LogP contribution >= 0.6 is 0 Å². The fourth-order valence-corrected chi connectivity index (χ4v) is 3.42. The van der Waals surface area contributed by atoms with Gasteiger partial charge < -0.3 is 4.74 Å². The van der Waals surface area contributed by atoms with E-state index in [0.717, 1.165) is 19.3 Å². The molecule has 132 valence electrons. The van der Waals surface area contributed by atoms with E-state index in [1.54, 1.807) is 0 Å². The van der Waals surface area contributed by atoms with E-state index in [1.165, 1.54) is 5.56 Å². The van der Waals surface area contributed by atoms with E-state index in [-0.39, 0.29) is 12.0 Å². The fraction of sp³-hybridized carbons (Fsp3) is 0.579. The van der Waals surface area contributed by atoms with Crippen LogP contribution in [0.2, 0.25) is 0 Å². The van der Waals surface area contributed by atoms with Gasteiger partial charge in [-0.2, -0.15) is 4.21 Å². The van der Waals surface area contributed by atoms with Crippen molar-refractivity contribution in [1.29, 1.82) is 0 Å². The third kappa shape index (κ3) is 5.34. The van der Waals surface area contributed by atoms with E-state index >= 15 is 0 Å². The molecule has 24 heavy (non-hydrogen) atoms. The lowest BCUT2D eigenvalue weighted by molar-refractivity contribution is -0.134. The number of hydrogen-bond donors (Lipinski definition) is 0. The average molecular weight is 350 g/mol. The van der Waals surface area contributed by atoms with Crippen LogP contribution in [-0.4, -0.2) is 16.6 Å². The number of hydrogen-bond acceptors (Lipinski definition) is 4. The van der Waals surface area contributed by atoms with Gasteiger partial charge >= 0.3 is 11.4 Å². The molecule has 4 nitrogen and oxygen atoms in total. The second-order valence-corrected chi connectivity index (χ2v) is 7.91. The molecular weight excluding hydrogens is 324 g/mol. The van der Waals surface area contributed by atoms with Crippen LogP contribution in [0.15, 0.2) is 24.3 Å². The summed E-state index contributed by atoms with van der Waals surface area (Å²) in [5.41, 5.74) is 1.32. The number of ether oxygens (including phenoxy) is 1. The Morgan fingerprint density at radius 3 is 2.33 bits per heavy atom. The van der Waals surface area contributed by atoms with Crippen molar-refractivity contribution in [1.82, 2.24) is 0 Å². The van der Waals surface area contributed by atoms with Crippen molar-refractivity contribution in [2.45, 2.75) is 64.1 Å². The first-order valence-corrected chi connectivity index (χ1v) is 9.32. The Balaban J connectivity index is 2.11. The van der Waals surface area contributed by atoms with Crippen molar-refractivity contribution in [2.75, 3.05) is 6.61 Å². The molecule has 0 bridgehead atoms. The zero-order chi connectivity index (χ0) is 17.6. The summed E-state index contributed by atoms with van der Waals surface area (Å²) >= 11 is -1.92.